The Labute approximate surface area is 147 Å². The van der Waals surface area contributed by atoms with Crippen LogP contribution in [0.25, 0.3) is 22.2 Å². The average molecular weight is 357 g/mol. The summed E-state index contributed by atoms with van der Waals surface area (Å²) >= 11 is 1.39. The van der Waals surface area contributed by atoms with Gasteiger partial charge in [-0.2, -0.15) is 5.10 Å². The minimum atomic E-state index is -0.349. The first-order valence-corrected chi connectivity index (χ1v) is 8.64. The number of nitro benzene ring substituents is 1. The maximum Gasteiger partial charge on any atom is 0.284 e. The van der Waals surface area contributed by atoms with E-state index in [1.165, 1.54) is 11.8 Å². The summed E-state index contributed by atoms with van der Waals surface area (Å²) in [5, 5.41) is 28.9. The largest absolute Gasteiger partial charge is 0.395 e. The molecule has 0 saturated carbocycles. The van der Waals surface area contributed by atoms with Crippen molar-refractivity contribution in [1.82, 2.24) is 20.1 Å². The van der Waals surface area contributed by atoms with E-state index < -0.39 is 0 Å². The molecule has 0 unspecified atom stereocenters. The second-order valence-electron chi connectivity index (χ2n) is 5.58. The third kappa shape index (κ3) is 2.66. The van der Waals surface area contributed by atoms with Crippen LogP contribution >= 0.6 is 11.8 Å². The van der Waals surface area contributed by atoms with Gasteiger partial charge in [-0.3, -0.25) is 19.8 Å². The molecule has 9 heteroatoms. The third-order valence-corrected chi connectivity index (χ3v) is 5.28. The first-order chi connectivity index (χ1) is 12.2. The number of nitrogens with zero attached hydrogens (tertiary/aromatic N) is 4. The van der Waals surface area contributed by atoms with Crippen LogP contribution in [0.4, 0.5) is 5.69 Å². The number of rotatable bonds is 6. The Hall–Kier alpha value is -2.49. The lowest BCUT2D eigenvalue weighted by molar-refractivity contribution is -0.387. The molecule has 0 amide bonds. The van der Waals surface area contributed by atoms with Gasteiger partial charge < -0.3 is 10.4 Å². The quantitative estimate of drug-likeness (QED) is 0.309. The molecule has 1 aliphatic heterocycles. The van der Waals surface area contributed by atoms with Crippen molar-refractivity contribution >= 4 is 28.4 Å². The zero-order chi connectivity index (χ0) is 17.4. The van der Waals surface area contributed by atoms with Gasteiger partial charge in [0.15, 0.2) is 0 Å². The average Bonchev–Trinajstić information content (AvgIpc) is 2.99. The maximum atomic E-state index is 11.4. The van der Waals surface area contributed by atoms with Crippen molar-refractivity contribution in [2.24, 2.45) is 0 Å². The molecule has 25 heavy (non-hydrogen) atoms. The molecule has 0 radical (unpaired) electrons. The molecule has 0 saturated heterocycles. The van der Waals surface area contributed by atoms with Crippen molar-refractivity contribution in [2.75, 3.05) is 19.7 Å². The van der Waals surface area contributed by atoms with Gasteiger partial charge in [-0.15, -0.1) is 0 Å². The summed E-state index contributed by atoms with van der Waals surface area (Å²) in [4.78, 5) is 16.8. The number of aromatic nitrogens is 3. The standard InChI is InChI=1S/C16H15N5O3S/c22-8-6-17-5-7-20-11-1-2-12(21(23)24)16-14(11)15(19-20)10-9-18-4-3-13(10)25-16/h1-4,9,17,22H,5-8H2. The van der Waals surface area contributed by atoms with Crippen molar-refractivity contribution in [3.63, 3.8) is 0 Å². The van der Waals surface area contributed by atoms with E-state index in [1.807, 2.05) is 10.7 Å². The molecule has 0 fully saturated rings. The highest BCUT2D eigenvalue weighted by atomic mass is 32.2. The summed E-state index contributed by atoms with van der Waals surface area (Å²) in [6, 6.07) is 5.15. The van der Waals surface area contributed by atoms with Gasteiger partial charge in [0.1, 0.15) is 10.6 Å². The molecule has 2 aromatic heterocycles. The molecule has 3 aromatic rings. The fraction of sp³-hybridized carbons (Fsp3) is 0.250. The molecule has 2 N–H and O–H groups in total. The number of hydrogen-bond donors (Lipinski definition) is 2. The van der Waals surface area contributed by atoms with E-state index in [0.717, 1.165) is 27.1 Å². The number of aliphatic hydroxyl groups is 1. The predicted molar refractivity (Wildman–Crippen MR) is 93.7 cm³/mol. The van der Waals surface area contributed by atoms with Gasteiger partial charge in [0.2, 0.25) is 0 Å². The van der Waals surface area contributed by atoms with Crippen molar-refractivity contribution in [3.8, 4) is 11.3 Å². The van der Waals surface area contributed by atoms with Crippen LogP contribution in [0.5, 0.6) is 0 Å². The van der Waals surface area contributed by atoms with Crippen molar-refractivity contribution < 1.29 is 10.0 Å². The molecule has 128 valence electrons. The molecular formula is C16H15N5O3S. The van der Waals surface area contributed by atoms with Crippen LogP contribution in [0.1, 0.15) is 0 Å². The lowest BCUT2D eigenvalue weighted by atomic mass is 10.1. The highest BCUT2D eigenvalue weighted by Crippen LogP contribution is 2.50. The molecule has 1 aromatic carbocycles. The van der Waals surface area contributed by atoms with E-state index in [2.05, 4.69) is 10.3 Å². The molecular weight excluding hydrogens is 342 g/mol. The van der Waals surface area contributed by atoms with Gasteiger partial charge in [0.05, 0.1) is 23.6 Å². The second-order valence-corrected chi connectivity index (χ2v) is 6.64. The topological polar surface area (TPSA) is 106 Å². The number of pyridine rings is 1. The second kappa shape index (κ2) is 6.43. The zero-order valence-electron chi connectivity index (χ0n) is 13.2. The monoisotopic (exact) mass is 357 g/mol. The Bertz CT molecular complexity index is 972. The van der Waals surface area contributed by atoms with E-state index in [9.17, 15) is 10.1 Å². The Morgan fingerprint density at radius 1 is 1.32 bits per heavy atom. The Morgan fingerprint density at radius 3 is 3.00 bits per heavy atom. The molecule has 0 atom stereocenters. The lowest BCUT2D eigenvalue weighted by Crippen LogP contribution is -2.23. The summed E-state index contributed by atoms with van der Waals surface area (Å²) in [7, 11) is 0. The van der Waals surface area contributed by atoms with Gasteiger partial charge in [-0.25, -0.2) is 0 Å². The van der Waals surface area contributed by atoms with Crippen molar-refractivity contribution in [2.45, 2.75) is 16.3 Å². The first-order valence-electron chi connectivity index (χ1n) is 7.82. The summed E-state index contributed by atoms with van der Waals surface area (Å²) in [6.45, 7) is 1.85. The van der Waals surface area contributed by atoms with E-state index in [-0.39, 0.29) is 17.2 Å². The fourth-order valence-corrected chi connectivity index (χ4v) is 4.14. The predicted octanol–water partition coefficient (Wildman–Crippen LogP) is 2.05. The number of nitro groups is 1. The summed E-state index contributed by atoms with van der Waals surface area (Å²) < 4.78 is 1.85. The fourth-order valence-electron chi connectivity index (χ4n) is 2.98. The van der Waals surface area contributed by atoms with Crippen LogP contribution in [0.3, 0.4) is 0 Å². The number of nitrogens with one attached hydrogen (secondary N) is 1. The normalized spacial score (nSPS) is 12.4. The minimum absolute atomic E-state index is 0.0805. The van der Waals surface area contributed by atoms with Crippen molar-refractivity contribution in [1.29, 1.82) is 0 Å². The molecule has 1 aliphatic rings. The smallest absolute Gasteiger partial charge is 0.284 e. The van der Waals surface area contributed by atoms with Crippen molar-refractivity contribution in [3.05, 3.63) is 40.7 Å². The zero-order valence-corrected chi connectivity index (χ0v) is 14.0. The van der Waals surface area contributed by atoms with Gasteiger partial charge in [-0.05, 0) is 12.1 Å². The molecule has 8 nitrogen and oxygen atoms in total. The molecule has 3 heterocycles. The first kappa shape index (κ1) is 16.0. The molecule has 4 rings (SSSR count). The van der Waals surface area contributed by atoms with Crippen LogP contribution < -0.4 is 5.32 Å². The Morgan fingerprint density at radius 2 is 2.20 bits per heavy atom. The summed E-state index contributed by atoms with van der Waals surface area (Å²) in [5.74, 6) is 0. The maximum absolute atomic E-state index is 11.4. The minimum Gasteiger partial charge on any atom is -0.395 e. The summed E-state index contributed by atoms with van der Waals surface area (Å²) in [6.07, 6.45) is 3.43. The number of aliphatic hydroxyl groups excluding tert-OH is 1. The van der Waals surface area contributed by atoms with Crippen LogP contribution in [0, 0.1) is 10.1 Å². The van der Waals surface area contributed by atoms with Gasteiger partial charge >= 0.3 is 0 Å². The SMILES string of the molecule is O=[N+]([O-])c1ccc2c3c(nn2CCNCCO)-c2cnccc2Sc13. The molecule has 0 aliphatic carbocycles. The number of benzene rings is 1. The third-order valence-electron chi connectivity index (χ3n) is 4.08. The van der Waals surface area contributed by atoms with E-state index in [4.69, 9.17) is 10.2 Å². The van der Waals surface area contributed by atoms with Crippen LogP contribution in [-0.2, 0) is 6.54 Å². The Balaban J connectivity index is 1.87. The van der Waals surface area contributed by atoms with E-state index in [1.54, 1.807) is 24.5 Å². The molecule has 0 bridgehead atoms. The van der Waals surface area contributed by atoms with Gasteiger partial charge in [-0.1, -0.05) is 11.8 Å². The summed E-state index contributed by atoms with van der Waals surface area (Å²) in [5.41, 5.74) is 2.59. The van der Waals surface area contributed by atoms with Crippen LogP contribution in [-0.4, -0.2) is 44.5 Å². The van der Waals surface area contributed by atoms with Crippen LogP contribution in [0.2, 0.25) is 0 Å². The highest BCUT2D eigenvalue weighted by Gasteiger charge is 2.29. The number of fused-ring (bicyclic) bond motifs is 2. The Kier molecular flexibility index (Phi) is 4.12. The highest BCUT2D eigenvalue weighted by molar-refractivity contribution is 8.00. The van der Waals surface area contributed by atoms with E-state index in [0.29, 0.717) is 24.5 Å². The van der Waals surface area contributed by atoms with Gasteiger partial charge in [0.25, 0.3) is 5.69 Å². The number of hydrogen-bond acceptors (Lipinski definition) is 7. The van der Waals surface area contributed by atoms with Crippen LogP contribution in [0.15, 0.2) is 40.4 Å². The lowest BCUT2D eigenvalue weighted by Gasteiger charge is -2.14. The molecule has 0 spiro atoms. The van der Waals surface area contributed by atoms with Gasteiger partial charge in [0, 0.05) is 47.4 Å². The van der Waals surface area contributed by atoms with E-state index >= 15 is 0 Å².